The number of nitrogens with zero attached hydrogens (tertiary/aromatic N) is 1. The first kappa shape index (κ1) is 21.7. The van der Waals surface area contributed by atoms with Crippen LogP contribution in [0.2, 0.25) is 5.02 Å². The average molecular weight is 487 g/mol. The molecule has 1 fully saturated rings. The molecule has 10 heteroatoms. The van der Waals surface area contributed by atoms with Gasteiger partial charge in [-0.05, 0) is 30.3 Å². The van der Waals surface area contributed by atoms with Crippen LogP contribution in [0.3, 0.4) is 0 Å². The van der Waals surface area contributed by atoms with Crippen LogP contribution >= 0.6 is 11.6 Å². The Kier molecular flexibility index (Phi) is 5.71. The fourth-order valence-electron chi connectivity index (χ4n) is 3.62. The number of benzene rings is 3. The standard InChI is InChI=1S/C23H19ClN2O6S/c24-16-5-1-3-7-18(16)31-21-14-20-15(23(27)25-17-6-2-4-8-19(17)32-20)13-22(21)33(28,29)26-9-11-30-12-10-26/h1-8,13-14H,9-12H2,(H,25,27). The Morgan fingerprint density at radius 2 is 1.67 bits per heavy atom. The number of para-hydroxylation sites is 3. The number of carbonyl (C=O) groups is 1. The van der Waals surface area contributed by atoms with Gasteiger partial charge in [0, 0.05) is 19.2 Å². The van der Waals surface area contributed by atoms with Crippen molar-refractivity contribution >= 4 is 33.2 Å². The Morgan fingerprint density at radius 1 is 0.939 bits per heavy atom. The highest BCUT2D eigenvalue weighted by Crippen LogP contribution is 2.42. The summed E-state index contributed by atoms with van der Waals surface area (Å²) in [5.41, 5.74) is 0.550. The number of fused-ring (bicyclic) bond motifs is 2. The summed E-state index contributed by atoms with van der Waals surface area (Å²) < 4.78 is 45.7. The van der Waals surface area contributed by atoms with Crippen molar-refractivity contribution in [2.24, 2.45) is 0 Å². The van der Waals surface area contributed by atoms with E-state index in [4.69, 9.17) is 25.8 Å². The third-order valence-corrected chi connectivity index (χ3v) is 7.52. The fraction of sp³-hybridized carbons (Fsp3) is 0.174. The highest BCUT2D eigenvalue weighted by molar-refractivity contribution is 7.89. The lowest BCUT2D eigenvalue weighted by Crippen LogP contribution is -2.40. The molecular weight excluding hydrogens is 468 g/mol. The second kappa shape index (κ2) is 8.68. The highest BCUT2D eigenvalue weighted by atomic mass is 35.5. The minimum atomic E-state index is -4.01. The van der Waals surface area contributed by atoms with E-state index in [1.54, 1.807) is 48.5 Å². The van der Waals surface area contributed by atoms with E-state index in [0.29, 0.717) is 16.5 Å². The number of anilines is 1. The summed E-state index contributed by atoms with van der Waals surface area (Å²) >= 11 is 6.25. The molecule has 0 saturated carbocycles. The van der Waals surface area contributed by atoms with Crippen molar-refractivity contribution in [1.29, 1.82) is 0 Å². The van der Waals surface area contributed by atoms with Crippen molar-refractivity contribution in [2.75, 3.05) is 31.6 Å². The van der Waals surface area contributed by atoms with E-state index in [0.717, 1.165) is 0 Å². The van der Waals surface area contributed by atoms with Gasteiger partial charge in [-0.25, -0.2) is 8.42 Å². The van der Waals surface area contributed by atoms with E-state index in [1.807, 2.05) is 0 Å². The number of carbonyl (C=O) groups excluding carboxylic acids is 1. The second-order valence-electron chi connectivity index (χ2n) is 7.40. The van der Waals surface area contributed by atoms with Gasteiger partial charge in [-0.15, -0.1) is 0 Å². The third kappa shape index (κ3) is 4.16. The van der Waals surface area contributed by atoms with E-state index >= 15 is 0 Å². The normalized spacial score (nSPS) is 16.1. The zero-order valence-electron chi connectivity index (χ0n) is 17.3. The van der Waals surface area contributed by atoms with Gasteiger partial charge in [0.1, 0.15) is 16.4 Å². The molecule has 2 heterocycles. The lowest BCUT2D eigenvalue weighted by molar-refractivity contribution is 0.0729. The number of morpholine rings is 1. The molecule has 33 heavy (non-hydrogen) atoms. The zero-order valence-corrected chi connectivity index (χ0v) is 18.9. The first-order chi connectivity index (χ1) is 15.9. The third-order valence-electron chi connectivity index (χ3n) is 5.29. The highest BCUT2D eigenvalue weighted by Gasteiger charge is 2.33. The summed E-state index contributed by atoms with van der Waals surface area (Å²) in [7, 11) is -4.01. The molecule has 0 aromatic heterocycles. The molecule has 1 N–H and O–H groups in total. The summed E-state index contributed by atoms with van der Waals surface area (Å²) in [5.74, 6) is 0.381. The van der Waals surface area contributed by atoms with Crippen LogP contribution in [0, 0.1) is 0 Å². The van der Waals surface area contributed by atoms with E-state index in [2.05, 4.69) is 5.32 Å². The Morgan fingerprint density at radius 3 is 2.45 bits per heavy atom. The van der Waals surface area contributed by atoms with Crippen LogP contribution in [-0.4, -0.2) is 44.9 Å². The number of halogens is 1. The van der Waals surface area contributed by atoms with Crippen LogP contribution in [0.4, 0.5) is 5.69 Å². The van der Waals surface area contributed by atoms with Gasteiger partial charge in [0.05, 0.1) is 29.5 Å². The maximum Gasteiger partial charge on any atom is 0.259 e. The molecule has 2 aliphatic heterocycles. The van der Waals surface area contributed by atoms with Gasteiger partial charge in [-0.3, -0.25) is 4.79 Å². The summed E-state index contributed by atoms with van der Waals surface area (Å²) in [6, 6.07) is 16.4. The van der Waals surface area contributed by atoms with Crippen molar-refractivity contribution in [1.82, 2.24) is 4.31 Å². The number of amides is 1. The zero-order chi connectivity index (χ0) is 23.0. The molecule has 3 aromatic carbocycles. The second-order valence-corrected chi connectivity index (χ2v) is 9.71. The molecule has 0 aliphatic carbocycles. The van der Waals surface area contributed by atoms with E-state index in [-0.39, 0.29) is 54.0 Å². The molecule has 170 valence electrons. The van der Waals surface area contributed by atoms with Gasteiger partial charge in [-0.1, -0.05) is 35.9 Å². The van der Waals surface area contributed by atoms with E-state index in [9.17, 15) is 13.2 Å². The first-order valence-electron chi connectivity index (χ1n) is 10.2. The summed E-state index contributed by atoms with van der Waals surface area (Å²) in [4.78, 5) is 12.8. The molecule has 1 saturated heterocycles. The molecule has 0 spiro atoms. The summed E-state index contributed by atoms with van der Waals surface area (Å²) in [6.07, 6.45) is 0. The molecule has 0 unspecified atom stereocenters. The smallest absolute Gasteiger partial charge is 0.259 e. The Balaban J connectivity index is 1.67. The Bertz CT molecular complexity index is 1340. The van der Waals surface area contributed by atoms with Gasteiger partial charge in [0.15, 0.2) is 11.5 Å². The quantitative estimate of drug-likeness (QED) is 0.583. The Labute approximate surface area is 195 Å². The average Bonchev–Trinajstić information content (AvgIpc) is 2.96. The van der Waals surface area contributed by atoms with Gasteiger partial charge in [0.2, 0.25) is 10.0 Å². The van der Waals surface area contributed by atoms with Crippen molar-refractivity contribution in [3.63, 3.8) is 0 Å². The van der Waals surface area contributed by atoms with Gasteiger partial charge >= 0.3 is 0 Å². The summed E-state index contributed by atoms with van der Waals surface area (Å²) in [5, 5.41) is 3.07. The fourth-order valence-corrected chi connectivity index (χ4v) is 5.33. The molecule has 0 radical (unpaired) electrons. The van der Waals surface area contributed by atoms with Crippen LogP contribution in [0.1, 0.15) is 10.4 Å². The lowest BCUT2D eigenvalue weighted by atomic mass is 10.1. The van der Waals surface area contributed by atoms with Crippen LogP contribution in [-0.2, 0) is 14.8 Å². The lowest BCUT2D eigenvalue weighted by Gasteiger charge is -2.27. The van der Waals surface area contributed by atoms with Crippen LogP contribution < -0.4 is 14.8 Å². The number of hydrogen-bond acceptors (Lipinski definition) is 6. The minimum absolute atomic E-state index is 0.000484. The van der Waals surface area contributed by atoms with Crippen molar-refractivity contribution < 1.29 is 27.4 Å². The van der Waals surface area contributed by atoms with Gasteiger partial charge in [-0.2, -0.15) is 4.31 Å². The number of ether oxygens (including phenoxy) is 3. The largest absolute Gasteiger partial charge is 0.454 e. The first-order valence-corrected chi connectivity index (χ1v) is 12.0. The Hall–Kier alpha value is -3.11. The number of rotatable bonds is 4. The molecule has 0 atom stereocenters. The van der Waals surface area contributed by atoms with Crippen LogP contribution in [0.5, 0.6) is 23.0 Å². The maximum absolute atomic E-state index is 13.6. The molecule has 8 nitrogen and oxygen atoms in total. The minimum Gasteiger partial charge on any atom is -0.454 e. The SMILES string of the molecule is O=C1Nc2ccccc2Oc2cc(Oc3ccccc3Cl)c(S(=O)(=O)N3CCOCC3)cc21. The van der Waals surface area contributed by atoms with Gasteiger partial charge in [0.25, 0.3) is 5.91 Å². The molecule has 2 aliphatic rings. The van der Waals surface area contributed by atoms with Crippen molar-refractivity contribution in [3.05, 3.63) is 71.2 Å². The number of nitrogens with one attached hydrogen (secondary N) is 1. The van der Waals surface area contributed by atoms with E-state index < -0.39 is 15.9 Å². The van der Waals surface area contributed by atoms with Crippen molar-refractivity contribution in [3.8, 4) is 23.0 Å². The maximum atomic E-state index is 13.6. The molecule has 5 rings (SSSR count). The van der Waals surface area contributed by atoms with Crippen LogP contribution in [0.25, 0.3) is 0 Å². The molecular formula is C23H19ClN2O6S. The topological polar surface area (TPSA) is 94.2 Å². The van der Waals surface area contributed by atoms with Crippen molar-refractivity contribution in [2.45, 2.75) is 4.90 Å². The molecule has 1 amide bonds. The number of sulfonamides is 1. The summed E-state index contributed by atoms with van der Waals surface area (Å²) in [6.45, 7) is 0.950. The van der Waals surface area contributed by atoms with Crippen LogP contribution in [0.15, 0.2) is 65.6 Å². The van der Waals surface area contributed by atoms with E-state index in [1.165, 1.54) is 16.4 Å². The predicted octanol–water partition coefficient (Wildman–Crippen LogP) is 4.51. The predicted molar refractivity (Wildman–Crippen MR) is 122 cm³/mol. The monoisotopic (exact) mass is 486 g/mol. The van der Waals surface area contributed by atoms with Gasteiger partial charge < -0.3 is 19.5 Å². The molecule has 3 aromatic rings. The number of hydrogen-bond donors (Lipinski definition) is 1. The molecule has 0 bridgehead atoms.